The number of unbranched alkanes of at least 4 members (excludes halogenated alkanes) is 1. The van der Waals surface area contributed by atoms with E-state index in [9.17, 15) is 14.4 Å². The van der Waals surface area contributed by atoms with Gasteiger partial charge in [-0.05, 0) is 59.4 Å². The van der Waals surface area contributed by atoms with Crippen molar-refractivity contribution in [2.24, 2.45) is 0 Å². The molecule has 0 unspecified atom stereocenters. The van der Waals surface area contributed by atoms with E-state index in [4.69, 9.17) is 9.84 Å². The second-order valence-electron chi connectivity index (χ2n) is 8.13. The number of carbonyl (C=O) groups excluding carboxylic acids is 2. The van der Waals surface area contributed by atoms with Gasteiger partial charge in [0.2, 0.25) is 0 Å². The molecule has 0 aliphatic heterocycles. The molecule has 1 aliphatic carbocycles. The third-order valence-electron chi connectivity index (χ3n) is 5.84. The van der Waals surface area contributed by atoms with Crippen LogP contribution in [-0.2, 0) is 9.53 Å². The zero-order valence-electron chi connectivity index (χ0n) is 18.6. The smallest absolute Gasteiger partial charge is 0.411 e. The highest BCUT2D eigenvalue weighted by Gasteiger charge is 2.29. The highest BCUT2D eigenvalue weighted by atomic mass is 16.5. The minimum Gasteiger partial charge on any atom is -0.481 e. The summed E-state index contributed by atoms with van der Waals surface area (Å²) in [5.74, 6) is -1.10. The number of carboxylic acid groups (broad SMARTS) is 1. The number of fused-ring (bicyclic) bond motifs is 3. The standard InChI is InChI=1S/C27H26N2O5/c30-25(31)11-5-6-16-28-26(32)18-12-14-19(15-13-18)29-27(33)34-17-24-22-9-3-1-7-20(22)21-8-2-4-10-23(21)24/h1-4,7-10,12-15,24H,5-6,11,16-17H2,(H,28,32)(H,29,33)(H,30,31). The monoisotopic (exact) mass is 458 g/mol. The maximum atomic E-state index is 12.4. The van der Waals surface area contributed by atoms with E-state index in [1.165, 1.54) is 11.1 Å². The molecule has 0 spiro atoms. The number of nitrogens with one attached hydrogen (secondary N) is 2. The van der Waals surface area contributed by atoms with E-state index in [1.807, 2.05) is 24.3 Å². The summed E-state index contributed by atoms with van der Waals surface area (Å²) in [7, 11) is 0. The van der Waals surface area contributed by atoms with E-state index in [2.05, 4.69) is 34.9 Å². The molecule has 174 valence electrons. The van der Waals surface area contributed by atoms with Crippen LogP contribution in [0.5, 0.6) is 0 Å². The molecule has 0 fully saturated rings. The average Bonchev–Trinajstić information content (AvgIpc) is 3.16. The fourth-order valence-electron chi connectivity index (χ4n) is 4.16. The van der Waals surface area contributed by atoms with Crippen molar-refractivity contribution >= 4 is 23.7 Å². The predicted octanol–water partition coefficient (Wildman–Crippen LogP) is 5.03. The van der Waals surface area contributed by atoms with Crippen LogP contribution < -0.4 is 10.6 Å². The van der Waals surface area contributed by atoms with Gasteiger partial charge in [0.05, 0.1) is 0 Å². The molecule has 34 heavy (non-hydrogen) atoms. The lowest BCUT2D eigenvalue weighted by Gasteiger charge is -2.14. The minimum atomic E-state index is -0.842. The molecule has 4 rings (SSSR count). The van der Waals surface area contributed by atoms with Crippen molar-refractivity contribution in [2.45, 2.75) is 25.2 Å². The molecule has 2 amide bonds. The number of ether oxygens (including phenoxy) is 1. The van der Waals surface area contributed by atoms with Gasteiger partial charge in [0.1, 0.15) is 6.61 Å². The number of aliphatic carboxylic acids is 1. The molecule has 0 heterocycles. The Kier molecular flexibility index (Phi) is 7.22. The van der Waals surface area contributed by atoms with Crippen molar-refractivity contribution in [3.8, 4) is 11.1 Å². The largest absolute Gasteiger partial charge is 0.481 e. The molecular formula is C27H26N2O5. The third kappa shape index (κ3) is 5.43. The van der Waals surface area contributed by atoms with Gasteiger partial charge in [0.25, 0.3) is 5.91 Å². The van der Waals surface area contributed by atoms with Gasteiger partial charge < -0.3 is 15.2 Å². The summed E-state index contributed by atoms with van der Waals surface area (Å²) in [6.45, 7) is 0.633. The number of rotatable bonds is 9. The predicted molar refractivity (Wildman–Crippen MR) is 129 cm³/mol. The Morgan fingerprint density at radius 2 is 1.44 bits per heavy atom. The van der Waals surface area contributed by atoms with Gasteiger partial charge in [-0.1, -0.05) is 48.5 Å². The number of hydrogen-bond acceptors (Lipinski definition) is 4. The number of amides is 2. The van der Waals surface area contributed by atoms with Gasteiger partial charge in [0.15, 0.2) is 0 Å². The number of hydrogen-bond donors (Lipinski definition) is 3. The summed E-state index contributed by atoms with van der Waals surface area (Å²) in [5.41, 5.74) is 5.61. The quantitative estimate of drug-likeness (QED) is 0.390. The van der Waals surface area contributed by atoms with Gasteiger partial charge in [-0.2, -0.15) is 0 Å². The molecule has 0 saturated heterocycles. The van der Waals surface area contributed by atoms with Gasteiger partial charge >= 0.3 is 12.1 Å². The molecule has 3 aromatic rings. The maximum absolute atomic E-state index is 12.4. The summed E-state index contributed by atoms with van der Waals surface area (Å²) in [4.78, 5) is 35.1. The molecule has 0 atom stereocenters. The van der Waals surface area contributed by atoms with Crippen molar-refractivity contribution in [3.63, 3.8) is 0 Å². The van der Waals surface area contributed by atoms with Crippen LogP contribution in [0.15, 0.2) is 72.8 Å². The van der Waals surface area contributed by atoms with Crippen molar-refractivity contribution in [2.75, 3.05) is 18.5 Å². The first-order chi connectivity index (χ1) is 16.5. The average molecular weight is 459 g/mol. The van der Waals surface area contributed by atoms with Gasteiger partial charge in [-0.3, -0.25) is 14.9 Å². The Bertz CT molecular complexity index is 1140. The topological polar surface area (TPSA) is 105 Å². The van der Waals surface area contributed by atoms with Crippen molar-refractivity contribution in [1.82, 2.24) is 5.32 Å². The summed E-state index contributed by atoms with van der Waals surface area (Å²) >= 11 is 0. The third-order valence-corrected chi connectivity index (χ3v) is 5.84. The van der Waals surface area contributed by atoms with E-state index in [1.54, 1.807) is 24.3 Å². The molecule has 0 bridgehead atoms. The maximum Gasteiger partial charge on any atom is 0.411 e. The highest BCUT2D eigenvalue weighted by molar-refractivity contribution is 5.95. The van der Waals surface area contributed by atoms with E-state index < -0.39 is 12.1 Å². The lowest BCUT2D eigenvalue weighted by molar-refractivity contribution is -0.137. The van der Waals surface area contributed by atoms with Gasteiger partial charge in [-0.15, -0.1) is 0 Å². The summed E-state index contributed by atoms with van der Waals surface area (Å²) in [6.07, 6.45) is 0.641. The summed E-state index contributed by atoms with van der Waals surface area (Å²) in [5, 5.41) is 14.1. The molecule has 0 saturated carbocycles. The van der Waals surface area contributed by atoms with Gasteiger partial charge in [-0.25, -0.2) is 4.79 Å². The van der Waals surface area contributed by atoms with Crippen LogP contribution in [0.25, 0.3) is 11.1 Å². The first-order valence-electron chi connectivity index (χ1n) is 11.2. The second kappa shape index (κ2) is 10.7. The molecule has 1 aliphatic rings. The summed E-state index contributed by atoms with van der Waals surface area (Å²) in [6, 6.07) is 22.8. The van der Waals surface area contributed by atoms with Crippen LogP contribution >= 0.6 is 0 Å². The van der Waals surface area contributed by atoms with E-state index >= 15 is 0 Å². The molecule has 7 nitrogen and oxygen atoms in total. The minimum absolute atomic E-state index is 0.0141. The number of carbonyl (C=O) groups is 3. The number of anilines is 1. The van der Waals surface area contributed by atoms with Crippen LogP contribution in [0.3, 0.4) is 0 Å². The lowest BCUT2D eigenvalue weighted by atomic mass is 9.98. The molecule has 0 radical (unpaired) electrons. The zero-order valence-corrected chi connectivity index (χ0v) is 18.6. The normalized spacial score (nSPS) is 11.9. The number of carboxylic acids is 1. The van der Waals surface area contributed by atoms with Crippen LogP contribution in [0.1, 0.15) is 46.7 Å². The van der Waals surface area contributed by atoms with Crippen LogP contribution in [0.4, 0.5) is 10.5 Å². The van der Waals surface area contributed by atoms with Crippen LogP contribution in [0, 0.1) is 0 Å². The Morgan fingerprint density at radius 3 is 2.06 bits per heavy atom. The Balaban J connectivity index is 1.28. The van der Waals surface area contributed by atoms with Crippen LogP contribution in [-0.4, -0.2) is 36.2 Å². The fraction of sp³-hybridized carbons (Fsp3) is 0.222. The van der Waals surface area contributed by atoms with Crippen molar-refractivity contribution in [1.29, 1.82) is 0 Å². The first-order valence-corrected chi connectivity index (χ1v) is 11.2. The van der Waals surface area contributed by atoms with E-state index in [0.29, 0.717) is 30.6 Å². The molecule has 7 heteroatoms. The van der Waals surface area contributed by atoms with Crippen LogP contribution in [0.2, 0.25) is 0 Å². The van der Waals surface area contributed by atoms with Crippen molar-refractivity contribution < 1.29 is 24.2 Å². The zero-order chi connectivity index (χ0) is 23.9. The fourth-order valence-corrected chi connectivity index (χ4v) is 4.16. The van der Waals surface area contributed by atoms with Crippen molar-refractivity contribution in [3.05, 3.63) is 89.5 Å². The molecule has 0 aromatic heterocycles. The van der Waals surface area contributed by atoms with Gasteiger partial charge in [0, 0.05) is 30.1 Å². The summed E-state index contributed by atoms with van der Waals surface area (Å²) < 4.78 is 5.54. The first kappa shape index (κ1) is 23.0. The SMILES string of the molecule is O=C(O)CCCCNC(=O)c1ccc(NC(=O)OCC2c3ccccc3-c3ccccc32)cc1. The Hall–Kier alpha value is -4.13. The Morgan fingerprint density at radius 1 is 0.824 bits per heavy atom. The number of benzene rings is 3. The molecule has 3 N–H and O–H groups in total. The molecular weight excluding hydrogens is 432 g/mol. The molecule has 3 aromatic carbocycles. The second-order valence-corrected chi connectivity index (χ2v) is 8.13. The Labute approximate surface area is 197 Å². The lowest BCUT2D eigenvalue weighted by Crippen LogP contribution is -2.24. The van der Waals surface area contributed by atoms with E-state index in [0.717, 1.165) is 11.1 Å². The highest BCUT2D eigenvalue weighted by Crippen LogP contribution is 2.44. The van der Waals surface area contributed by atoms with E-state index in [-0.39, 0.29) is 24.9 Å².